The van der Waals surface area contributed by atoms with E-state index in [1.807, 2.05) is 34.6 Å². The van der Waals surface area contributed by atoms with E-state index in [1.165, 1.54) is 23.5 Å². The van der Waals surface area contributed by atoms with Crippen molar-refractivity contribution in [1.29, 1.82) is 0 Å². The minimum atomic E-state index is -4.11. The van der Waals surface area contributed by atoms with Crippen molar-refractivity contribution < 1.29 is 43.1 Å². The second-order valence-electron chi connectivity index (χ2n) is 15.9. The number of hydrogen-bond donors (Lipinski definition) is 6. The van der Waals surface area contributed by atoms with Crippen molar-refractivity contribution in [2.45, 2.75) is 122 Å². The third-order valence-electron chi connectivity index (χ3n) is 11.7. The molecule has 0 spiro atoms. The first-order chi connectivity index (χ1) is 30.6. The van der Waals surface area contributed by atoms with Gasteiger partial charge in [-0.25, -0.2) is 39.9 Å². The Balaban J connectivity index is 1.09. The first kappa shape index (κ1) is 47.4. The SMILES string of the molecule is C/C=N\c1c(/C(N)=C(\C)CC)ncn1C1OC(COP(O)(=S)OC(CC(C)COC2C(OC)C(CC)OC2n2cnc3c(N)ncnc32)C(C)n2cnc3c(N)ncnc32)C(O)C1O. The fourth-order valence-electron chi connectivity index (χ4n) is 8.03. The number of rotatable bonds is 19. The van der Waals surface area contributed by atoms with Gasteiger partial charge in [-0.2, -0.15) is 0 Å². The van der Waals surface area contributed by atoms with E-state index in [0.29, 0.717) is 52.4 Å². The van der Waals surface area contributed by atoms with Gasteiger partial charge < -0.3 is 64.9 Å². The molecule has 2 fully saturated rings. The number of aliphatic hydroxyl groups excluding tert-OH is 2. The molecule has 0 amide bonds. The highest BCUT2D eigenvalue weighted by atomic mass is 32.5. The van der Waals surface area contributed by atoms with Crippen LogP contribution in [0.3, 0.4) is 0 Å². The molecule has 64 heavy (non-hydrogen) atoms. The number of hydrogen-bond acceptors (Lipinski definition) is 20. The van der Waals surface area contributed by atoms with Crippen LogP contribution in [0.2, 0.25) is 0 Å². The Labute approximate surface area is 374 Å². The number of methoxy groups -OCH3 is 1. The summed E-state index contributed by atoms with van der Waals surface area (Å²) in [6.07, 6.45) is 2.59. The van der Waals surface area contributed by atoms with Crippen molar-refractivity contribution in [3.63, 3.8) is 0 Å². The lowest BCUT2D eigenvalue weighted by Gasteiger charge is -2.32. The summed E-state index contributed by atoms with van der Waals surface area (Å²) >= 11 is 5.61. The van der Waals surface area contributed by atoms with Crippen LogP contribution in [0.4, 0.5) is 17.5 Å². The molecule has 2 aliphatic heterocycles. The number of imidazole rings is 3. The Hall–Kier alpha value is -4.59. The highest BCUT2D eigenvalue weighted by molar-refractivity contribution is 8.07. The molecular formula is C39H57N14O9PS. The zero-order valence-electron chi connectivity index (χ0n) is 36.6. The van der Waals surface area contributed by atoms with Crippen molar-refractivity contribution in [3.8, 4) is 0 Å². The van der Waals surface area contributed by atoms with Crippen molar-refractivity contribution in [1.82, 2.24) is 48.6 Å². The second-order valence-corrected chi connectivity index (χ2v) is 18.7. The van der Waals surface area contributed by atoms with Crippen LogP contribution in [0.1, 0.15) is 85.0 Å². The zero-order valence-corrected chi connectivity index (χ0v) is 38.4. The van der Waals surface area contributed by atoms with Crippen LogP contribution in [0, 0.1) is 5.92 Å². The van der Waals surface area contributed by atoms with Gasteiger partial charge in [0.05, 0.1) is 49.5 Å². The van der Waals surface area contributed by atoms with Gasteiger partial charge in [0.2, 0.25) is 0 Å². The maximum atomic E-state index is 11.7. The second kappa shape index (κ2) is 19.9. The van der Waals surface area contributed by atoms with E-state index < -0.39 is 68.4 Å². The van der Waals surface area contributed by atoms with Gasteiger partial charge in [0.25, 0.3) is 0 Å². The summed E-state index contributed by atoms with van der Waals surface area (Å²) in [5, 5.41) is 22.4. The highest BCUT2D eigenvalue weighted by Crippen LogP contribution is 2.49. The molecule has 7 heterocycles. The average molecular weight is 929 g/mol. The maximum Gasteiger partial charge on any atom is 0.324 e. The van der Waals surface area contributed by atoms with Crippen molar-refractivity contribution in [3.05, 3.63) is 42.9 Å². The lowest BCUT2D eigenvalue weighted by Crippen LogP contribution is -2.37. The van der Waals surface area contributed by atoms with Crippen molar-refractivity contribution in [2.24, 2.45) is 16.6 Å². The monoisotopic (exact) mass is 928 g/mol. The van der Waals surface area contributed by atoms with Crippen molar-refractivity contribution in [2.75, 3.05) is 31.8 Å². The molecule has 5 aromatic rings. The Morgan fingerprint density at radius 3 is 2.25 bits per heavy atom. The fourth-order valence-corrected chi connectivity index (χ4v) is 9.55. The van der Waals surface area contributed by atoms with E-state index >= 15 is 0 Å². The number of fused-ring (bicyclic) bond motifs is 2. The van der Waals surface area contributed by atoms with Gasteiger partial charge in [0.1, 0.15) is 59.9 Å². The summed E-state index contributed by atoms with van der Waals surface area (Å²) in [4.78, 5) is 46.4. The van der Waals surface area contributed by atoms with Gasteiger partial charge in [-0.3, -0.25) is 9.13 Å². The number of aliphatic hydroxyl groups is 2. The average Bonchev–Trinajstić information content (AvgIpc) is 4.12. The summed E-state index contributed by atoms with van der Waals surface area (Å²) in [6, 6.07) is -0.550. The van der Waals surface area contributed by atoms with Crippen LogP contribution in [0.25, 0.3) is 28.0 Å². The standard InChI is InChI=1S/C39H57N14O9PS/c1-8-20(5)25(40)26-35(43-10-3)52(17-48-26)38-30(55)29(54)24(61-38)13-59-63(56,64)62-23(21(6)51-16-49-27-33(41)44-14-46-36(27)51)11-19(4)12-58-32-31(57-7)22(9-2)60-39(32)53-18-50-28-34(42)45-15-47-37(28)53/h10,14-19,21-24,29-32,38-39,54-55H,8-9,11-13,40H2,1-7H3,(H,56,64)(H2,41,44,46)(H2,42,45,47)/b25-20-,43-10-. The lowest BCUT2D eigenvalue weighted by atomic mass is 9.99. The van der Waals surface area contributed by atoms with Crippen LogP contribution >= 0.6 is 6.72 Å². The Bertz CT molecular complexity index is 2520. The largest absolute Gasteiger partial charge is 0.397 e. The van der Waals surface area contributed by atoms with Gasteiger partial charge in [-0.1, -0.05) is 20.8 Å². The van der Waals surface area contributed by atoms with E-state index in [-0.39, 0.29) is 36.7 Å². The van der Waals surface area contributed by atoms with Crippen LogP contribution in [0.5, 0.6) is 0 Å². The molecule has 2 aliphatic rings. The number of ether oxygens (including phenoxy) is 4. The molecule has 0 aliphatic carbocycles. The highest BCUT2D eigenvalue weighted by Gasteiger charge is 2.48. The Kier molecular flexibility index (Phi) is 14.7. The Morgan fingerprint density at radius 1 is 0.922 bits per heavy atom. The first-order valence-corrected chi connectivity index (χ1v) is 23.6. The third-order valence-corrected chi connectivity index (χ3v) is 13.3. The van der Waals surface area contributed by atoms with E-state index in [4.69, 9.17) is 57.0 Å². The molecule has 7 rings (SSSR count). The molecule has 0 saturated carbocycles. The molecular weight excluding hydrogens is 872 g/mol. The fraction of sp³-hybridized carbons (Fsp3) is 0.590. The van der Waals surface area contributed by atoms with Gasteiger partial charge in [-0.05, 0) is 63.3 Å². The number of nitrogen functional groups attached to an aromatic ring is 2. The summed E-state index contributed by atoms with van der Waals surface area (Å²) in [7, 11) is 1.61. The van der Waals surface area contributed by atoms with Crippen LogP contribution in [-0.2, 0) is 39.8 Å². The molecule has 9 N–H and O–H groups in total. The molecule has 2 saturated heterocycles. The molecule has 0 bridgehead atoms. The predicted molar refractivity (Wildman–Crippen MR) is 239 cm³/mol. The van der Waals surface area contributed by atoms with Gasteiger partial charge in [0, 0.05) is 19.9 Å². The van der Waals surface area contributed by atoms with Crippen LogP contribution in [0.15, 0.2) is 42.2 Å². The molecule has 5 aromatic heterocycles. The van der Waals surface area contributed by atoms with E-state index in [9.17, 15) is 15.1 Å². The van der Waals surface area contributed by atoms with Crippen LogP contribution in [-0.4, -0.2) is 133 Å². The lowest BCUT2D eigenvalue weighted by molar-refractivity contribution is -0.0828. The van der Waals surface area contributed by atoms with E-state index in [2.05, 4.69) is 39.9 Å². The van der Waals surface area contributed by atoms with Gasteiger partial charge >= 0.3 is 6.72 Å². The topological polar surface area (TPSA) is 312 Å². The summed E-state index contributed by atoms with van der Waals surface area (Å²) in [5.74, 6) is 0.550. The van der Waals surface area contributed by atoms with E-state index in [1.54, 1.807) is 42.0 Å². The third kappa shape index (κ3) is 9.40. The predicted octanol–water partition coefficient (Wildman–Crippen LogP) is 3.08. The van der Waals surface area contributed by atoms with Gasteiger partial charge in [-0.15, -0.1) is 0 Å². The minimum Gasteiger partial charge on any atom is -0.397 e. The Morgan fingerprint density at radius 2 is 1.58 bits per heavy atom. The van der Waals surface area contributed by atoms with Gasteiger partial charge in [0.15, 0.2) is 41.2 Å². The number of allylic oxidation sites excluding steroid dienone is 1. The molecule has 348 valence electrons. The number of nitrogens with zero attached hydrogens (tertiary/aromatic N) is 11. The molecule has 0 radical (unpaired) electrons. The number of anilines is 2. The normalized spacial score (nSPS) is 26.8. The quantitative estimate of drug-likeness (QED) is 0.0512. The number of nitrogens with two attached hydrogens (primary N) is 3. The molecule has 12 unspecified atom stereocenters. The number of aliphatic imine (C=N–C) groups is 1. The summed E-state index contributed by atoms with van der Waals surface area (Å²) in [6.45, 7) is 7.10. The maximum absolute atomic E-state index is 11.7. The molecule has 23 nitrogen and oxygen atoms in total. The molecule has 25 heteroatoms. The zero-order chi connectivity index (χ0) is 46.0. The number of aromatic nitrogens is 10. The summed E-state index contributed by atoms with van der Waals surface area (Å²) < 4.78 is 42.5. The van der Waals surface area contributed by atoms with E-state index in [0.717, 1.165) is 5.57 Å². The first-order valence-electron chi connectivity index (χ1n) is 21.0. The smallest absolute Gasteiger partial charge is 0.324 e. The molecule has 0 aromatic carbocycles. The van der Waals surface area contributed by atoms with Crippen molar-refractivity contribution >= 4 is 70.2 Å². The van der Waals surface area contributed by atoms with Crippen LogP contribution < -0.4 is 17.2 Å². The molecule has 12 atom stereocenters. The summed E-state index contributed by atoms with van der Waals surface area (Å²) in [5.41, 5.74) is 22.2. The minimum absolute atomic E-state index is 0.198.